The number of halogens is 4. The van der Waals surface area contributed by atoms with Crippen molar-refractivity contribution in [2.45, 2.75) is 25.7 Å². The van der Waals surface area contributed by atoms with Gasteiger partial charge in [0.1, 0.15) is 12.1 Å². The van der Waals surface area contributed by atoms with Gasteiger partial charge < -0.3 is 9.88 Å². The lowest BCUT2D eigenvalue weighted by Crippen LogP contribution is -2.35. The maximum atomic E-state index is 12.7. The average Bonchev–Trinajstić information content (AvgIpc) is 2.48. The molecule has 0 bridgehead atoms. The molecule has 0 saturated heterocycles. The zero-order valence-corrected chi connectivity index (χ0v) is 13.4. The predicted octanol–water partition coefficient (Wildman–Crippen LogP) is 3.40. The first-order chi connectivity index (χ1) is 11.2. The van der Waals surface area contributed by atoms with E-state index in [0.717, 1.165) is 22.4 Å². The van der Waals surface area contributed by atoms with Gasteiger partial charge in [0.05, 0.1) is 6.04 Å². The summed E-state index contributed by atoms with van der Waals surface area (Å²) in [5, 5.41) is 3.12. The number of nitrogens with zero attached hydrogens (tertiary/aromatic N) is 1. The Morgan fingerprint density at radius 3 is 2.62 bits per heavy atom. The van der Waals surface area contributed by atoms with E-state index in [0.29, 0.717) is 11.1 Å². The summed E-state index contributed by atoms with van der Waals surface area (Å²) < 4.78 is 38.9. The van der Waals surface area contributed by atoms with Gasteiger partial charge in [-0.2, -0.15) is 13.2 Å². The largest absolute Gasteiger partial charge is 0.421 e. The molecule has 2 rings (SSSR count). The summed E-state index contributed by atoms with van der Waals surface area (Å²) in [6, 6.07) is 8.19. The summed E-state index contributed by atoms with van der Waals surface area (Å²) in [6.07, 6.45) is -3.62. The van der Waals surface area contributed by atoms with Crippen molar-refractivity contribution in [1.29, 1.82) is 0 Å². The van der Waals surface area contributed by atoms with Crippen molar-refractivity contribution in [2.24, 2.45) is 0 Å². The van der Waals surface area contributed by atoms with E-state index in [9.17, 15) is 22.8 Å². The van der Waals surface area contributed by atoms with Crippen molar-refractivity contribution >= 4 is 17.5 Å². The topological polar surface area (TPSA) is 51.1 Å². The van der Waals surface area contributed by atoms with Gasteiger partial charge in [-0.25, -0.2) is 0 Å². The van der Waals surface area contributed by atoms with Gasteiger partial charge in [-0.15, -0.1) is 0 Å². The number of pyridine rings is 1. The Morgan fingerprint density at radius 2 is 2.00 bits per heavy atom. The second-order valence-corrected chi connectivity index (χ2v) is 5.63. The highest BCUT2D eigenvalue weighted by molar-refractivity contribution is 6.30. The molecule has 0 spiro atoms. The van der Waals surface area contributed by atoms with Crippen LogP contribution >= 0.6 is 11.6 Å². The highest BCUT2D eigenvalue weighted by Gasteiger charge is 2.34. The molecule has 0 aliphatic rings. The molecule has 1 unspecified atom stereocenters. The Balaban J connectivity index is 2.12. The van der Waals surface area contributed by atoms with Crippen LogP contribution in [-0.4, -0.2) is 10.5 Å². The maximum Gasteiger partial charge on any atom is 0.421 e. The number of nitrogens with one attached hydrogen (secondary N) is 1. The Morgan fingerprint density at radius 1 is 1.29 bits per heavy atom. The number of hydrogen-bond acceptors (Lipinski definition) is 2. The number of hydrogen-bond donors (Lipinski definition) is 1. The molecule has 1 heterocycles. The first-order valence-corrected chi connectivity index (χ1v) is 7.38. The molecule has 0 radical (unpaired) electrons. The molecule has 0 saturated carbocycles. The van der Waals surface area contributed by atoms with Crippen molar-refractivity contribution in [3.63, 3.8) is 0 Å². The highest BCUT2D eigenvalue weighted by Crippen LogP contribution is 2.26. The molecule has 1 aromatic carbocycles. The molecule has 2 aromatic rings. The number of alkyl halides is 3. The number of amides is 1. The van der Waals surface area contributed by atoms with Crippen molar-refractivity contribution in [3.05, 3.63) is 69.1 Å². The van der Waals surface area contributed by atoms with E-state index in [4.69, 9.17) is 11.6 Å². The zero-order chi connectivity index (χ0) is 17.9. The third-order valence-electron chi connectivity index (χ3n) is 3.37. The maximum absolute atomic E-state index is 12.7. The summed E-state index contributed by atoms with van der Waals surface area (Å²) in [7, 11) is 0. The van der Waals surface area contributed by atoms with Crippen molar-refractivity contribution < 1.29 is 18.0 Å². The molecule has 1 amide bonds. The van der Waals surface area contributed by atoms with Crippen LogP contribution in [0.25, 0.3) is 0 Å². The standard InChI is InChI=1S/C16H14ClF3N2O2/c1-10(11-4-2-5-12(17)8-11)21-14(23)9-22-7-3-6-13(15(22)24)16(18,19)20/h2-8,10H,9H2,1H3,(H,21,23). The lowest BCUT2D eigenvalue weighted by Gasteiger charge is -2.16. The third kappa shape index (κ3) is 4.38. The fourth-order valence-electron chi connectivity index (χ4n) is 2.18. The Bertz CT molecular complexity index is 802. The predicted molar refractivity (Wildman–Crippen MR) is 83.7 cm³/mol. The van der Waals surface area contributed by atoms with Crippen LogP contribution in [0.1, 0.15) is 24.1 Å². The number of rotatable bonds is 4. The van der Waals surface area contributed by atoms with E-state index in [2.05, 4.69) is 5.32 Å². The fourth-order valence-corrected chi connectivity index (χ4v) is 2.38. The van der Waals surface area contributed by atoms with Crippen molar-refractivity contribution in [1.82, 2.24) is 9.88 Å². The van der Waals surface area contributed by atoms with Crippen LogP contribution in [0.2, 0.25) is 5.02 Å². The smallest absolute Gasteiger partial charge is 0.348 e. The molecule has 8 heteroatoms. The van der Waals surface area contributed by atoms with Gasteiger partial charge in [-0.05, 0) is 36.8 Å². The minimum atomic E-state index is -4.76. The summed E-state index contributed by atoms with van der Waals surface area (Å²) >= 11 is 5.87. The second-order valence-electron chi connectivity index (χ2n) is 5.20. The van der Waals surface area contributed by atoms with E-state index in [1.165, 1.54) is 0 Å². The minimum Gasteiger partial charge on any atom is -0.348 e. The molecule has 0 aliphatic heterocycles. The van der Waals surface area contributed by atoms with E-state index < -0.39 is 35.8 Å². The summed E-state index contributed by atoms with van der Waals surface area (Å²) in [5.41, 5.74) is -1.82. The molecule has 1 atom stereocenters. The second kappa shape index (κ2) is 7.09. The van der Waals surface area contributed by atoms with Crippen molar-refractivity contribution in [2.75, 3.05) is 0 Å². The van der Waals surface area contributed by atoms with Crippen LogP contribution in [0.5, 0.6) is 0 Å². The molecule has 1 aromatic heterocycles. The Hall–Kier alpha value is -2.28. The monoisotopic (exact) mass is 358 g/mol. The molecule has 0 fully saturated rings. The van der Waals surface area contributed by atoms with Crippen LogP contribution < -0.4 is 10.9 Å². The van der Waals surface area contributed by atoms with Gasteiger partial charge in [-0.3, -0.25) is 9.59 Å². The van der Waals surface area contributed by atoms with Gasteiger partial charge in [-0.1, -0.05) is 23.7 Å². The molecule has 0 aliphatic carbocycles. The normalized spacial score (nSPS) is 12.7. The highest BCUT2D eigenvalue weighted by atomic mass is 35.5. The summed E-state index contributed by atoms with van der Waals surface area (Å²) in [6.45, 7) is 1.20. The molecule has 128 valence electrons. The van der Waals surface area contributed by atoms with Crippen LogP contribution in [0.15, 0.2) is 47.4 Å². The van der Waals surface area contributed by atoms with Crippen molar-refractivity contribution in [3.8, 4) is 0 Å². The Labute approximate surface area is 140 Å². The van der Waals surface area contributed by atoms with Gasteiger partial charge in [0.2, 0.25) is 5.91 Å². The number of benzene rings is 1. The zero-order valence-electron chi connectivity index (χ0n) is 12.6. The number of aromatic nitrogens is 1. The molecule has 1 N–H and O–H groups in total. The third-order valence-corrected chi connectivity index (χ3v) is 3.60. The van der Waals surface area contributed by atoms with Crippen LogP contribution in [-0.2, 0) is 17.5 Å². The molecule has 4 nitrogen and oxygen atoms in total. The first kappa shape index (κ1) is 18.1. The first-order valence-electron chi connectivity index (χ1n) is 7.00. The van der Waals surface area contributed by atoms with E-state index in [1.807, 2.05) is 0 Å². The van der Waals surface area contributed by atoms with Crippen LogP contribution in [0.4, 0.5) is 13.2 Å². The van der Waals surface area contributed by atoms with Gasteiger partial charge in [0.15, 0.2) is 0 Å². The lowest BCUT2D eigenvalue weighted by molar-refractivity contribution is -0.139. The van der Waals surface area contributed by atoms with Crippen LogP contribution in [0, 0.1) is 0 Å². The van der Waals surface area contributed by atoms with E-state index >= 15 is 0 Å². The van der Waals surface area contributed by atoms with E-state index in [-0.39, 0.29) is 0 Å². The number of carbonyl (C=O) groups excluding carboxylic acids is 1. The fraction of sp³-hybridized carbons (Fsp3) is 0.250. The van der Waals surface area contributed by atoms with E-state index in [1.54, 1.807) is 31.2 Å². The van der Waals surface area contributed by atoms with Gasteiger partial charge >= 0.3 is 6.18 Å². The lowest BCUT2D eigenvalue weighted by atomic mass is 10.1. The SMILES string of the molecule is CC(NC(=O)Cn1cccc(C(F)(F)F)c1=O)c1cccc(Cl)c1. The van der Waals surface area contributed by atoms with Crippen LogP contribution in [0.3, 0.4) is 0 Å². The molecular formula is C16H14ClF3N2O2. The quantitative estimate of drug-likeness (QED) is 0.910. The van der Waals surface area contributed by atoms with Gasteiger partial charge in [0.25, 0.3) is 5.56 Å². The Kier molecular flexibility index (Phi) is 5.33. The number of carbonyl (C=O) groups is 1. The molecule has 24 heavy (non-hydrogen) atoms. The minimum absolute atomic E-state index is 0.405. The molecular weight excluding hydrogens is 345 g/mol. The summed E-state index contributed by atoms with van der Waals surface area (Å²) in [5.74, 6) is -0.580. The van der Waals surface area contributed by atoms with Gasteiger partial charge in [0, 0.05) is 11.2 Å². The average molecular weight is 359 g/mol. The summed E-state index contributed by atoms with van der Waals surface area (Å²) in [4.78, 5) is 23.8.